The van der Waals surface area contributed by atoms with Gasteiger partial charge in [-0.3, -0.25) is 0 Å². The smallest absolute Gasteiger partial charge is 0.206 e. The Kier molecular flexibility index (Phi) is 5.10. The number of sulfone groups is 1. The van der Waals surface area contributed by atoms with Gasteiger partial charge in [0.1, 0.15) is 5.82 Å². The summed E-state index contributed by atoms with van der Waals surface area (Å²) in [6.45, 7) is 1.82. The van der Waals surface area contributed by atoms with E-state index in [1.807, 2.05) is 13.1 Å². The summed E-state index contributed by atoms with van der Waals surface area (Å²) in [6, 6.07) is 10.2. The van der Waals surface area contributed by atoms with Crippen LogP contribution in [-0.2, 0) is 29.7 Å². The topological polar surface area (TPSA) is 51.1 Å². The molecule has 2 heterocycles. The highest BCUT2D eigenvalue weighted by Gasteiger charge is 2.22. The van der Waals surface area contributed by atoms with Crippen molar-refractivity contribution in [1.82, 2.24) is 9.88 Å². The van der Waals surface area contributed by atoms with Crippen LogP contribution < -0.4 is 5.32 Å². The molecule has 1 aromatic heterocycles. The number of nitrogens with zero attached hydrogens (tertiary/aromatic N) is 1. The van der Waals surface area contributed by atoms with Gasteiger partial charge in [0.25, 0.3) is 0 Å². The maximum absolute atomic E-state index is 13.1. The largest absolute Gasteiger partial charge is 0.347 e. The minimum absolute atomic E-state index is 0. The highest BCUT2D eigenvalue weighted by Crippen LogP contribution is 2.31. The zero-order valence-electron chi connectivity index (χ0n) is 14.3. The van der Waals surface area contributed by atoms with Crippen LogP contribution in [0.5, 0.6) is 0 Å². The standard InChI is InChI=1S/C19H19FN2O2S.ClH/c1-22-18-7-6-15(25(23,24)14-4-2-13(20)3-5-14)12-17(18)16-8-10-21-11-9-19(16)22;/h2-7,12,21H,8-11H2,1H3;1H. The molecule has 0 fully saturated rings. The van der Waals surface area contributed by atoms with Crippen molar-refractivity contribution < 1.29 is 12.8 Å². The first-order valence-corrected chi connectivity index (χ1v) is 9.78. The van der Waals surface area contributed by atoms with Gasteiger partial charge >= 0.3 is 0 Å². The molecule has 4 nitrogen and oxygen atoms in total. The zero-order chi connectivity index (χ0) is 17.6. The third-order valence-corrected chi connectivity index (χ3v) is 6.70. The molecule has 2 aromatic carbocycles. The van der Waals surface area contributed by atoms with Crippen molar-refractivity contribution in [3.05, 3.63) is 59.5 Å². The minimum Gasteiger partial charge on any atom is -0.347 e. The van der Waals surface area contributed by atoms with E-state index in [4.69, 9.17) is 0 Å². The number of hydrogen-bond acceptors (Lipinski definition) is 3. The molecule has 0 amide bonds. The predicted octanol–water partition coefficient (Wildman–Crippen LogP) is 3.26. The molecule has 4 rings (SSSR count). The van der Waals surface area contributed by atoms with Gasteiger partial charge in [0.2, 0.25) is 9.84 Å². The lowest BCUT2D eigenvalue weighted by Crippen LogP contribution is -2.17. The van der Waals surface area contributed by atoms with Crippen molar-refractivity contribution in [1.29, 1.82) is 0 Å². The van der Waals surface area contributed by atoms with Gasteiger partial charge in [-0.1, -0.05) is 0 Å². The maximum atomic E-state index is 13.1. The number of aryl methyl sites for hydroxylation is 1. The molecule has 7 heteroatoms. The van der Waals surface area contributed by atoms with E-state index in [1.165, 1.54) is 35.5 Å². The Morgan fingerprint density at radius 2 is 1.65 bits per heavy atom. The summed E-state index contributed by atoms with van der Waals surface area (Å²) in [4.78, 5) is 0.356. The summed E-state index contributed by atoms with van der Waals surface area (Å²) in [6.07, 6.45) is 1.81. The zero-order valence-corrected chi connectivity index (χ0v) is 16.0. The fraction of sp³-hybridized carbons (Fsp3) is 0.263. The van der Waals surface area contributed by atoms with E-state index in [0.29, 0.717) is 0 Å². The van der Waals surface area contributed by atoms with Crippen LogP contribution >= 0.6 is 12.4 Å². The number of hydrogen-bond donors (Lipinski definition) is 1. The lowest BCUT2D eigenvalue weighted by atomic mass is 10.1. The average molecular weight is 395 g/mol. The Bertz CT molecular complexity index is 1060. The number of rotatable bonds is 2. The fourth-order valence-corrected chi connectivity index (χ4v) is 4.90. The summed E-state index contributed by atoms with van der Waals surface area (Å²) in [5, 5.41) is 4.37. The van der Waals surface area contributed by atoms with E-state index < -0.39 is 15.7 Å². The second-order valence-corrected chi connectivity index (χ2v) is 8.32. The Hall–Kier alpha value is -1.89. The van der Waals surface area contributed by atoms with Gasteiger partial charge in [-0.25, -0.2) is 12.8 Å². The lowest BCUT2D eigenvalue weighted by Gasteiger charge is -2.06. The molecule has 26 heavy (non-hydrogen) atoms. The highest BCUT2D eigenvalue weighted by atomic mass is 35.5. The normalized spacial score (nSPS) is 14.5. The van der Waals surface area contributed by atoms with Crippen molar-refractivity contribution in [3.63, 3.8) is 0 Å². The first-order valence-electron chi connectivity index (χ1n) is 8.30. The first-order chi connectivity index (χ1) is 12.0. The van der Waals surface area contributed by atoms with Gasteiger partial charge in [0.05, 0.1) is 9.79 Å². The Morgan fingerprint density at radius 3 is 2.38 bits per heavy atom. The molecule has 1 N–H and O–H groups in total. The third-order valence-electron chi connectivity index (χ3n) is 4.93. The summed E-state index contributed by atoms with van der Waals surface area (Å²) < 4.78 is 41.1. The second kappa shape index (κ2) is 7.02. The van der Waals surface area contributed by atoms with Crippen LogP contribution in [0.1, 0.15) is 11.3 Å². The molecule has 1 aliphatic rings. The number of benzene rings is 2. The van der Waals surface area contributed by atoms with E-state index in [0.717, 1.165) is 36.8 Å². The first kappa shape index (κ1) is 18.9. The maximum Gasteiger partial charge on any atom is 0.206 e. The van der Waals surface area contributed by atoms with Gasteiger partial charge in [0, 0.05) is 36.6 Å². The van der Waals surface area contributed by atoms with Crippen LogP contribution in [-0.4, -0.2) is 26.1 Å². The molecule has 138 valence electrons. The van der Waals surface area contributed by atoms with Gasteiger partial charge in [0.15, 0.2) is 0 Å². The van der Waals surface area contributed by atoms with Crippen LogP contribution in [0.3, 0.4) is 0 Å². The average Bonchev–Trinajstić information content (AvgIpc) is 2.78. The Morgan fingerprint density at radius 1 is 1.00 bits per heavy atom. The van der Waals surface area contributed by atoms with Gasteiger partial charge in [-0.15, -0.1) is 12.4 Å². The van der Waals surface area contributed by atoms with Crippen LogP contribution in [0.25, 0.3) is 10.9 Å². The summed E-state index contributed by atoms with van der Waals surface area (Å²) in [5.41, 5.74) is 3.53. The van der Waals surface area contributed by atoms with Crippen molar-refractivity contribution in [2.45, 2.75) is 22.6 Å². The van der Waals surface area contributed by atoms with E-state index in [1.54, 1.807) is 12.1 Å². The minimum atomic E-state index is -3.67. The van der Waals surface area contributed by atoms with Crippen molar-refractivity contribution in [3.8, 4) is 0 Å². The molecule has 0 saturated carbocycles. The quantitative estimate of drug-likeness (QED) is 0.679. The molecule has 0 aliphatic carbocycles. The number of halogens is 2. The third kappa shape index (κ3) is 3.02. The Labute approximate surface area is 158 Å². The van der Waals surface area contributed by atoms with E-state index in [9.17, 15) is 12.8 Å². The SMILES string of the molecule is Cl.Cn1c2c(c3cc(S(=O)(=O)c4ccc(F)cc4)ccc31)CCNCC2. The summed E-state index contributed by atoms with van der Waals surface area (Å²) in [7, 11) is -1.64. The summed E-state index contributed by atoms with van der Waals surface area (Å²) >= 11 is 0. The van der Waals surface area contributed by atoms with Crippen molar-refractivity contribution in [2.75, 3.05) is 13.1 Å². The van der Waals surface area contributed by atoms with Crippen molar-refractivity contribution >= 4 is 33.1 Å². The predicted molar refractivity (Wildman–Crippen MR) is 102 cm³/mol. The molecule has 1 aliphatic heterocycles. The van der Waals surface area contributed by atoms with Crippen LogP contribution in [0.4, 0.5) is 4.39 Å². The molecule has 0 radical (unpaired) electrons. The van der Waals surface area contributed by atoms with Crippen LogP contribution in [0.15, 0.2) is 52.3 Å². The molecular formula is C19H20ClFN2O2S. The lowest BCUT2D eigenvalue weighted by molar-refractivity contribution is 0.595. The Balaban J connectivity index is 0.00000196. The number of aromatic nitrogens is 1. The van der Waals surface area contributed by atoms with Gasteiger partial charge < -0.3 is 9.88 Å². The molecular weight excluding hydrogens is 375 g/mol. The monoisotopic (exact) mass is 394 g/mol. The molecule has 0 atom stereocenters. The second-order valence-electron chi connectivity index (χ2n) is 6.37. The molecule has 0 saturated heterocycles. The summed E-state index contributed by atoms with van der Waals surface area (Å²) in [5.74, 6) is -0.449. The van der Waals surface area contributed by atoms with Gasteiger partial charge in [-0.2, -0.15) is 0 Å². The molecule has 3 aromatic rings. The van der Waals surface area contributed by atoms with E-state index >= 15 is 0 Å². The molecule has 0 bridgehead atoms. The van der Waals surface area contributed by atoms with Gasteiger partial charge in [-0.05, 0) is 61.0 Å². The fourth-order valence-electron chi connectivity index (χ4n) is 3.61. The highest BCUT2D eigenvalue weighted by molar-refractivity contribution is 7.91. The number of nitrogens with one attached hydrogen (secondary N) is 1. The molecule has 0 spiro atoms. The number of fused-ring (bicyclic) bond motifs is 3. The van der Waals surface area contributed by atoms with E-state index in [2.05, 4.69) is 9.88 Å². The van der Waals surface area contributed by atoms with E-state index in [-0.39, 0.29) is 22.2 Å². The van der Waals surface area contributed by atoms with Crippen LogP contribution in [0.2, 0.25) is 0 Å². The molecule has 0 unspecified atom stereocenters. The van der Waals surface area contributed by atoms with Crippen molar-refractivity contribution in [2.24, 2.45) is 7.05 Å². The van der Waals surface area contributed by atoms with Crippen LogP contribution in [0, 0.1) is 5.82 Å².